The maximum absolute atomic E-state index is 13.2. The zero-order valence-corrected chi connectivity index (χ0v) is 12.6. The molecule has 1 aromatic carbocycles. The lowest BCUT2D eigenvalue weighted by molar-refractivity contribution is -0.0613. The zero-order valence-electron chi connectivity index (χ0n) is 10.2. The molecule has 5 nitrogen and oxygen atoms in total. The van der Waals surface area contributed by atoms with Gasteiger partial charge in [-0.3, -0.25) is 0 Å². The molecule has 1 aromatic rings. The van der Waals surface area contributed by atoms with Gasteiger partial charge < -0.3 is 10.8 Å². The van der Waals surface area contributed by atoms with Crippen LogP contribution >= 0.6 is 15.9 Å². The van der Waals surface area contributed by atoms with Crippen molar-refractivity contribution in [1.82, 2.24) is 4.31 Å². The molecule has 0 saturated carbocycles. The Morgan fingerprint density at radius 2 is 2.11 bits per heavy atom. The highest BCUT2D eigenvalue weighted by Crippen LogP contribution is 2.34. The summed E-state index contributed by atoms with van der Waals surface area (Å²) in [5, 5.41) is 9.86. The quantitative estimate of drug-likeness (QED) is 0.803. The summed E-state index contributed by atoms with van der Waals surface area (Å²) in [4.78, 5) is -0.0930. The van der Waals surface area contributed by atoms with E-state index in [-0.39, 0.29) is 28.1 Å². The van der Waals surface area contributed by atoms with E-state index in [9.17, 15) is 17.9 Å². The first-order chi connectivity index (χ1) is 8.69. The second-order valence-electron chi connectivity index (χ2n) is 4.66. The topological polar surface area (TPSA) is 83.6 Å². The molecule has 19 heavy (non-hydrogen) atoms. The van der Waals surface area contributed by atoms with E-state index in [1.165, 1.54) is 0 Å². The van der Waals surface area contributed by atoms with Gasteiger partial charge in [0.1, 0.15) is 5.82 Å². The van der Waals surface area contributed by atoms with E-state index in [1.807, 2.05) is 0 Å². The van der Waals surface area contributed by atoms with E-state index in [4.69, 9.17) is 5.73 Å². The Labute approximate surface area is 119 Å². The van der Waals surface area contributed by atoms with Crippen molar-refractivity contribution < 1.29 is 17.9 Å². The van der Waals surface area contributed by atoms with Gasteiger partial charge in [-0.1, -0.05) is 6.92 Å². The van der Waals surface area contributed by atoms with Crippen LogP contribution in [0.1, 0.15) is 13.3 Å². The summed E-state index contributed by atoms with van der Waals surface area (Å²) >= 11 is 3.02. The molecule has 1 fully saturated rings. The second kappa shape index (κ2) is 4.69. The molecule has 8 heteroatoms. The molecular weight excluding hydrogens is 339 g/mol. The van der Waals surface area contributed by atoms with E-state index in [0.29, 0.717) is 6.42 Å². The largest absolute Gasteiger partial charge is 0.396 e. The lowest BCUT2D eigenvalue weighted by Gasteiger charge is -2.44. The highest BCUT2D eigenvalue weighted by molar-refractivity contribution is 9.10. The average Bonchev–Trinajstić information content (AvgIpc) is 2.29. The molecule has 0 aliphatic carbocycles. The van der Waals surface area contributed by atoms with E-state index in [2.05, 4.69) is 15.9 Å². The van der Waals surface area contributed by atoms with Crippen LogP contribution < -0.4 is 5.73 Å². The summed E-state index contributed by atoms with van der Waals surface area (Å²) < 4.78 is 39.1. The maximum atomic E-state index is 13.2. The molecule has 1 aliphatic heterocycles. The number of rotatable bonds is 3. The molecule has 1 saturated heterocycles. The average molecular weight is 353 g/mol. The van der Waals surface area contributed by atoms with Crippen LogP contribution in [0.15, 0.2) is 21.5 Å². The summed E-state index contributed by atoms with van der Waals surface area (Å²) in [5.41, 5.74) is 4.20. The Morgan fingerprint density at radius 3 is 2.63 bits per heavy atom. The van der Waals surface area contributed by atoms with E-state index < -0.39 is 21.4 Å². The number of halogens is 2. The van der Waals surface area contributed by atoms with Crippen molar-refractivity contribution in [2.24, 2.45) is 0 Å². The van der Waals surface area contributed by atoms with Crippen molar-refractivity contribution in [3.63, 3.8) is 0 Å². The number of sulfonamides is 1. The van der Waals surface area contributed by atoms with Crippen LogP contribution in [0.2, 0.25) is 0 Å². The zero-order chi connectivity index (χ0) is 14.4. The summed E-state index contributed by atoms with van der Waals surface area (Å²) in [5.74, 6) is -0.681. The highest BCUT2D eigenvalue weighted by Gasteiger charge is 2.46. The normalized spacial score (nSPS) is 19.2. The standard InChI is InChI=1S/C11H14BrFN2O3S/c1-2-11(16)5-15(6-11)19(17,18)10-4-9(14)8(13)3-7(10)12/h3-4,16H,2,5-6,14H2,1H3. The Hall–Kier alpha value is -0.700. The van der Waals surface area contributed by atoms with Gasteiger partial charge in [-0.25, -0.2) is 12.8 Å². The van der Waals surface area contributed by atoms with E-state index >= 15 is 0 Å². The molecule has 1 aliphatic rings. The maximum Gasteiger partial charge on any atom is 0.244 e. The van der Waals surface area contributed by atoms with Crippen LogP contribution in [0, 0.1) is 5.82 Å². The van der Waals surface area contributed by atoms with Crippen molar-refractivity contribution in [1.29, 1.82) is 0 Å². The third-order valence-corrected chi connectivity index (χ3v) is 6.02. The van der Waals surface area contributed by atoms with Crippen molar-refractivity contribution in [3.8, 4) is 0 Å². The van der Waals surface area contributed by atoms with Gasteiger partial charge >= 0.3 is 0 Å². The molecule has 0 spiro atoms. The first-order valence-electron chi connectivity index (χ1n) is 5.67. The predicted molar refractivity (Wildman–Crippen MR) is 72.5 cm³/mol. The number of hydrogen-bond acceptors (Lipinski definition) is 4. The molecule has 106 valence electrons. The Bertz CT molecular complexity index is 615. The van der Waals surface area contributed by atoms with E-state index in [0.717, 1.165) is 16.4 Å². The van der Waals surface area contributed by atoms with Gasteiger partial charge in [-0.15, -0.1) is 0 Å². The van der Waals surface area contributed by atoms with Crippen LogP contribution in [-0.2, 0) is 10.0 Å². The van der Waals surface area contributed by atoms with Crippen molar-refractivity contribution >= 4 is 31.6 Å². The predicted octanol–water partition coefficient (Wildman–Crippen LogP) is 1.32. The number of nitrogen functional groups attached to an aromatic ring is 1. The van der Waals surface area contributed by atoms with Crippen LogP contribution in [0.3, 0.4) is 0 Å². The summed E-state index contributed by atoms with van der Waals surface area (Å²) in [6.45, 7) is 1.86. The fraction of sp³-hybridized carbons (Fsp3) is 0.455. The second-order valence-corrected chi connectivity index (χ2v) is 7.42. The lowest BCUT2D eigenvalue weighted by atomic mass is 9.94. The smallest absolute Gasteiger partial charge is 0.244 e. The molecule has 1 heterocycles. The fourth-order valence-electron chi connectivity index (χ4n) is 1.89. The molecule has 0 radical (unpaired) electrons. The Balaban J connectivity index is 2.35. The number of hydrogen-bond donors (Lipinski definition) is 2. The summed E-state index contributed by atoms with van der Waals surface area (Å²) in [6.07, 6.45) is 0.478. The van der Waals surface area contributed by atoms with Gasteiger partial charge in [0.15, 0.2) is 0 Å². The number of anilines is 1. The first-order valence-corrected chi connectivity index (χ1v) is 7.90. The minimum Gasteiger partial charge on any atom is -0.396 e. The number of aliphatic hydroxyl groups is 1. The minimum absolute atomic E-state index is 0.0373. The first kappa shape index (κ1) is 14.7. The highest BCUT2D eigenvalue weighted by atomic mass is 79.9. The van der Waals surface area contributed by atoms with Crippen LogP contribution in [0.5, 0.6) is 0 Å². The van der Waals surface area contributed by atoms with Gasteiger partial charge in [-0.05, 0) is 34.5 Å². The Morgan fingerprint density at radius 1 is 1.53 bits per heavy atom. The molecule has 0 aromatic heterocycles. The third kappa shape index (κ3) is 2.49. The van der Waals surface area contributed by atoms with Gasteiger partial charge in [0.05, 0.1) is 16.2 Å². The summed E-state index contributed by atoms with van der Waals surface area (Å²) in [6, 6.07) is 2.10. The fourth-order valence-corrected chi connectivity index (χ4v) is 4.49. The van der Waals surface area contributed by atoms with Gasteiger partial charge in [-0.2, -0.15) is 4.31 Å². The van der Waals surface area contributed by atoms with Crippen LogP contribution in [-0.4, -0.2) is 36.5 Å². The SMILES string of the molecule is CCC1(O)CN(S(=O)(=O)c2cc(N)c(F)cc2Br)C1. The van der Waals surface area contributed by atoms with E-state index in [1.54, 1.807) is 6.92 Å². The van der Waals surface area contributed by atoms with Gasteiger partial charge in [0.2, 0.25) is 10.0 Å². The molecule has 0 bridgehead atoms. The molecule has 2 rings (SSSR count). The van der Waals surface area contributed by atoms with Gasteiger partial charge in [0, 0.05) is 17.6 Å². The number of nitrogens with zero attached hydrogens (tertiary/aromatic N) is 1. The third-order valence-electron chi connectivity index (χ3n) is 3.27. The Kier molecular flexibility index (Phi) is 3.63. The number of nitrogens with two attached hydrogens (primary N) is 1. The molecule has 0 amide bonds. The van der Waals surface area contributed by atoms with Crippen LogP contribution in [0.25, 0.3) is 0 Å². The number of β-amino-alcohol motifs (C(OH)–C–C–N with tert-alkyl or cyclic N) is 1. The molecule has 3 N–H and O–H groups in total. The lowest BCUT2D eigenvalue weighted by Crippen LogP contribution is -2.62. The minimum atomic E-state index is -3.77. The monoisotopic (exact) mass is 352 g/mol. The van der Waals surface area contributed by atoms with Gasteiger partial charge in [0.25, 0.3) is 0 Å². The molecule has 0 atom stereocenters. The van der Waals surface area contributed by atoms with Crippen molar-refractivity contribution in [2.45, 2.75) is 23.8 Å². The molecular formula is C11H14BrFN2O3S. The molecule has 0 unspecified atom stereocenters. The van der Waals surface area contributed by atoms with Crippen LogP contribution in [0.4, 0.5) is 10.1 Å². The number of benzene rings is 1. The van der Waals surface area contributed by atoms with Crippen molar-refractivity contribution in [2.75, 3.05) is 18.8 Å². The summed E-state index contributed by atoms with van der Waals surface area (Å²) in [7, 11) is -3.77. The van der Waals surface area contributed by atoms with Crippen molar-refractivity contribution in [3.05, 3.63) is 22.4 Å².